The molecule has 0 aliphatic heterocycles. The van der Waals surface area contributed by atoms with E-state index in [0.717, 1.165) is 12.8 Å². The summed E-state index contributed by atoms with van der Waals surface area (Å²) < 4.78 is 5.27. The van der Waals surface area contributed by atoms with Gasteiger partial charge in [-0.15, -0.1) is 0 Å². The average molecular weight is 282 g/mol. The molecule has 2 fully saturated rings. The quantitative estimate of drug-likeness (QED) is 0.836. The minimum atomic E-state index is -0.423. The number of carbonyl (C=O) groups excluding carboxylic acids is 1. The van der Waals surface area contributed by atoms with Crippen molar-refractivity contribution >= 4 is 6.09 Å². The first-order valence-corrected chi connectivity index (χ1v) is 7.69. The Bertz CT molecular complexity index is 376. The van der Waals surface area contributed by atoms with Gasteiger partial charge in [-0.05, 0) is 44.4 Å². The molecule has 20 heavy (non-hydrogen) atoms. The number of alkyl carbamates (subject to hydrolysis) is 1. The Hall–Kier alpha value is -0.770. The first kappa shape index (κ1) is 15.6. The number of carbonyl (C=O) groups is 1. The average Bonchev–Trinajstić information content (AvgIpc) is 2.53. The van der Waals surface area contributed by atoms with Crippen molar-refractivity contribution in [3.05, 3.63) is 0 Å². The fourth-order valence-corrected chi connectivity index (χ4v) is 3.19. The third kappa shape index (κ3) is 2.95. The predicted octanol–water partition coefficient (Wildman–Crippen LogP) is 3.07. The van der Waals surface area contributed by atoms with Crippen LogP contribution in [0.25, 0.3) is 0 Å². The molecule has 2 aliphatic rings. The van der Waals surface area contributed by atoms with Gasteiger partial charge in [0, 0.05) is 18.1 Å². The van der Waals surface area contributed by atoms with Crippen molar-refractivity contribution < 1.29 is 9.53 Å². The van der Waals surface area contributed by atoms with Crippen LogP contribution in [0.15, 0.2) is 0 Å². The molecule has 4 nitrogen and oxygen atoms in total. The van der Waals surface area contributed by atoms with Crippen LogP contribution in [0.2, 0.25) is 0 Å². The van der Waals surface area contributed by atoms with Gasteiger partial charge in [-0.25, -0.2) is 4.79 Å². The summed E-state index contributed by atoms with van der Waals surface area (Å²) >= 11 is 0. The lowest BCUT2D eigenvalue weighted by molar-refractivity contribution is 0.0464. The number of ether oxygens (including phenoxy) is 1. The van der Waals surface area contributed by atoms with E-state index < -0.39 is 5.60 Å². The molecule has 0 atom stereocenters. The highest BCUT2D eigenvalue weighted by Crippen LogP contribution is 2.63. The number of rotatable bonds is 3. The Balaban J connectivity index is 1.68. The van der Waals surface area contributed by atoms with E-state index in [2.05, 4.69) is 38.3 Å². The van der Waals surface area contributed by atoms with E-state index in [-0.39, 0.29) is 12.1 Å². The van der Waals surface area contributed by atoms with Crippen LogP contribution in [0.3, 0.4) is 0 Å². The number of hydrogen-bond donors (Lipinski definition) is 2. The van der Waals surface area contributed by atoms with Crippen molar-refractivity contribution in [3.63, 3.8) is 0 Å². The van der Waals surface area contributed by atoms with Crippen molar-refractivity contribution in [1.82, 2.24) is 10.6 Å². The molecule has 0 aromatic rings. The highest BCUT2D eigenvalue weighted by Gasteiger charge is 2.65. The van der Waals surface area contributed by atoms with Gasteiger partial charge in [0.2, 0.25) is 0 Å². The van der Waals surface area contributed by atoms with Crippen LogP contribution in [0, 0.1) is 10.8 Å². The minimum Gasteiger partial charge on any atom is -0.444 e. The minimum absolute atomic E-state index is 0.257. The number of nitrogens with one attached hydrogen (secondary N) is 2. The molecule has 0 aromatic carbocycles. The van der Waals surface area contributed by atoms with Gasteiger partial charge in [0.05, 0.1) is 0 Å². The molecule has 0 unspecified atom stereocenters. The summed E-state index contributed by atoms with van der Waals surface area (Å²) in [4.78, 5) is 11.7. The van der Waals surface area contributed by atoms with Crippen LogP contribution in [0.4, 0.5) is 4.79 Å². The van der Waals surface area contributed by atoms with Crippen LogP contribution >= 0.6 is 0 Å². The van der Waals surface area contributed by atoms with Crippen molar-refractivity contribution in [2.24, 2.45) is 10.8 Å². The zero-order chi connectivity index (χ0) is 15.3. The Kier molecular flexibility index (Phi) is 3.61. The van der Waals surface area contributed by atoms with Gasteiger partial charge < -0.3 is 15.4 Å². The molecule has 0 spiro atoms. The Morgan fingerprint density at radius 1 is 1.05 bits per heavy atom. The molecule has 116 valence electrons. The Morgan fingerprint density at radius 3 is 1.95 bits per heavy atom. The molecule has 2 saturated carbocycles. The van der Waals surface area contributed by atoms with Gasteiger partial charge >= 0.3 is 6.09 Å². The highest BCUT2D eigenvalue weighted by atomic mass is 16.6. The van der Waals surface area contributed by atoms with Crippen LogP contribution in [0.1, 0.15) is 61.3 Å². The molecule has 2 rings (SSSR count). The van der Waals surface area contributed by atoms with Crippen LogP contribution < -0.4 is 10.6 Å². The molecule has 0 aromatic heterocycles. The Morgan fingerprint density at radius 2 is 1.55 bits per heavy atom. The largest absolute Gasteiger partial charge is 0.444 e. The lowest BCUT2D eigenvalue weighted by atomic mass is 9.86. The fraction of sp³-hybridized carbons (Fsp3) is 0.938. The molecule has 2 aliphatic carbocycles. The molecular formula is C16H30N2O2. The maximum absolute atomic E-state index is 11.7. The highest BCUT2D eigenvalue weighted by molar-refractivity contribution is 5.68. The lowest BCUT2D eigenvalue weighted by Crippen LogP contribution is -2.54. The predicted molar refractivity (Wildman–Crippen MR) is 80.7 cm³/mol. The van der Waals surface area contributed by atoms with E-state index in [4.69, 9.17) is 4.74 Å². The first-order valence-electron chi connectivity index (χ1n) is 7.69. The number of hydrogen-bond acceptors (Lipinski definition) is 3. The first-order chi connectivity index (χ1) is 8.93. The van der Waals surface area contributed by atoms with E-state index in [1.165, 1.54) is 0 Å². The third-order valence-electron chi connectivity index (χ3n) is 5.28. The summed E-state index contributed by atoms with van der Waals surface area (Å²) in [6.45, 7) is 14.9. The van der Waals surface area contributed by atoms with Gasteiger partial charge in [-0.2, -0.15) is 0 Å². The summed E-state index contributed by atoms with van der Waals surface area (Å²) in [5.41, 5.74) is 0.320. The number of amides is 1. The van der Waals surface area contributed by atoms with Gasteiger partial charge in [0.15, 0.2) is 0 Å². The topological polar surface area (TPSA) is 50.4 Å². The smallest absolute Gasteiger partial charge is 0.407 e. The fourth-order valence-electron chi connectivity index (χ4n) is 3.19. The van der Waals surface area contributed by atoms with Crippen molar-refractivity contribution in [3.8, 4) is 0 Å². The maximum Gasteiger partial charge on any atom is 0.407 e. The Labute approximate surface area is 123 Å². The van der Waals surface area contributed by atoms with E-state index in [1.807, 2.05) is 20.8 Å². The van der Waals surface area contributed by atoms with E-state index in [9.17, 15) is 4.79 Å². The second-order valence-corrected chi connectivity index (χ2v) is 8.55. The van der Waals surface area contributed by atoms with Crippen LogP contribution in [-0.4, -0.2) is 29.8 Å². The normalized spacial score (nSPS) is 31.4. The zero-order valence-electron chi connectivity index (χ0n) is 14.0. The molecule has 2 N–H and O–H groups in total. The molecule has 1 amide bonds. The zero-order valence-corrected chi connectivity index (χ0v) is 14.0. The monoisotopic (exact) mass is 282 g/mol. The standard InChI is InChI=1S/C16H30N2O2/c1-14(2,3)20-13(19)18-11-8-10(9-11)17-12-15(4,5)16(12,6)7/h10-12,17H,8-9H2,1-7H3,(H,18,19). The van der Waals surface area contributed by atoms with E-state index >= 15 is 0 Å². The van der Waals surface area contributed by atoms with Crippen LogP contribution in [-0.2, 0) is 4.74 Å². The summed E-state index contributed by atoms with van der Waals surface area (Å²) in [7, 11) is 0. The molecule has 0 bridgehead atoms. The molecule has 4 heteroatoms. The third-order valence-corrected chi connectivity index (χ3v) is 5.28. The molecule has 0 saturated heterocycles. The summed E-state index contributed by atoms with van der Waals surface area (Å²) in [5.74, 6) is 0. The SMILES string of the molecule is CC(C)(C)OC(=O)NC1CC(NC2C(C)(C)C2(C)C)C1. The summed E-state index contributed by atoms with van der Waals surface area (Å²) in [5, 5.41) is 6.67. The second kappa shape index (κ2) is 4.62. The van der Waals surface area contributed by atoms with Crippen molar-refractivity contribution in [2.45, 2.75) is 85.0 Å². The van der Waals surface area contributed by atoms with Gasteiger partial charge in [0.25, 0.3) is 0 Å². The molecule has 0 radical (unpaired) electrons. The van der Waals surface area contributed by atoms with Crippen molar-refractivity contribution in [1.29, 1.82) is 0 Å². The van der Waals surface area contributed by atoms with Gasteiger partial charge in [-0.3, -0.25) is 0 Å². The molecule has 0 heterocycles. The molecular weight excluding hydrogens is 252 g/mol. The van der Waals surface area contributed by atoms with Gasteiger partial charge in [-0.1, -0.05) is 27.7 Å². The second-order valence-electron chi connectivity index (χ2n) is 8.55. The van der Waals surface area contributed by atoms with Gasteiger partial charge in [0.1, 0.15) is 5.60 Å². The van der Waals surface area contributed by atoms with E-state index in [1.54, 1.807) is 0 Å². The van der Waals surface area contributed by atoms with E-state index in [0.29, 0.717) is 22.9 Å². The summed E-state index contributed by atoms with van der Waals surface area (Å²) in [6, 6.07) is 1.37. The summed E-state index contributed by atoms with van der Waals surface area (Å²) in [6.07, 6.45) is 1.71. The van der Waals surface area contributed by atoms with Crippen LogP contribution in [0.5, 0.6) is 0 Å². The lowest BCUT2D eigenvalue weighted by Gasteiger charge is -2.37. The maximum atomic E-state index is 11.7. The van der Waals surface area contributed by atoms with Crippen molar-refractivity contribution in [2.75, 3.05) is 0 Å².